The van der Waals surface area contributed by atoms with Crippen LogP contribution in [-0.4, -0.2) is 21.5 Å². The fraction of sp³-hybridized carbons (Fsp3) is 0.0256. The van der Waals surface area contributed by atoms with Gasteiger partial charge in [0.05, 0.1) is 0 Å². The van der Waals surface area contributed by atoms with Crippen LogP contribution < -0.4 is 4.90 Å². The molecule has 0 fully saturated rings. The van der Waals surface area contributed by atoms with E-state index in [4.69, 9.17) is 6.42 Å². The van der Waals surface area contributed by atoms with E-state index in [0.717, 1.165) is 47.7 Å². The van der Waals surface area contributed by atoms with Gasteiger partial charge in [0.1, 0.15) is 0 Å². The fourth-order valence-corrected chi connectivity index (χ4v) is 6.00. The van der Waals surface area contributed by atoms with Gasteiger partial charge in [-0.15, -0.1) is 81.0 Å². The minimum Gasteiger partial charge on any atom is -0.669 e. The standard InChI is InChI=1S/C33H21N3S2.C6H4N.2Pt/c1-35-18-19-36(24-35)28-10-7-15-32(23-28)38-31-14-6-9-27(21-31)33-22-26(16-17-34-33)25-8-5-13-30(20-25)37-29-11-3-2-4-12-29;1-2-7-5-3-4-6-7;;/h2-11,13-15,17-19,22,24H,1H3;3-6H;;/q-6;-1;;+4. The Labute approximate surface area is 314 Å². The molecule has 0 atom stereocenters. The normalized spacial score (nSPS) is 11.5. The molecular formula is C39H25N4Pt2S2-3. The summed E-state index contributed by atoms with van der Waals surface area (Å²) in [6.45, 7) is 2.02. The van der Waals surface area contributed by atoms with Crippen LogP contribution in [0.3, 0.4) is 0 Å². The molecule has 0 bridgehead atoms. The second-order valence-electron chi connectivity index (χ2n) is 9.72. The molecular weight excluding hydrogens is 979 g/mol. The van der Waals surface area contributed by atoms with Crippen molar-refractivity contribution in [2.45, 2.75) is 19.6 Å². The number of nitrogens with zero attached hydrogens (tertiary/aromatic N) is 4. The minimum absolute atomic E-state index is 0. The first kappa shape index (κ1) is 36.1. The monoisotopic (exact) mass is 1000 g/mol. The van der Waals surface area contributed by atoms with Gasteiger partial charge in [0.15, 0.2) is 0 Å². The van der Waals surface area contributed by atoms with Crippen LogP contribution in [0, 0.1) is 49.5 Å². The molecule has 47 heavy (non-hydrogen) atoms. The molecule has 0 radical (unpaired) electrons. The van der Waals surface area contributed by atoms with Crippen molar-refractivity contribution in [3.05, 3.63) is 171 Å². The van der Waals surface area contributed by atoms with Crippen LogP contribution in [0.5, 0.6) is 0 Å². The molecule has 8 heteroatoms. The van der Waals surface area contributed by atoms with Crippen molar-refractivity contribution in [2.24, 2.45) is 0 Å². The van der Waals surface area contributed by atoms with Gasteiger partial charge in [0, 0.05) is 33.5 Å². The van der Waals surface area contributed by atoms with E-state index < -0.39 is 0 Å². The first-order chi connectivity index (χ1) is 22.1. The molecule has 236 valence electrons. The van der Waals surface area contributed by atoms with Gasteiger partial charge in [0.25, 0.3) is 0 Å². The van der Waals surface area contributed by atoms with Crippen molar-refractivity contribution in [1.29, 1.82) is 0 Å². The Bertz CT molecular complexity index is 1940. The van der Waals surface area contributed by atoms with Crippen molar-refractivity contribution >= 4 is 29.2 Å². The van der Waals surface area contributed by atoms with E-state index in [1.165, 1.54) is 0 Å². The van der Waals surface area contributed by atoms with Crippen molar-refractivity contribution in [2.75, 3.05) is 11.9 Å². The van der Waals surface area contributed by atoms with Gasteiger partial charge in [-0.1, -0.05) is 21.7 Å². The van der Waals surface area contributed by atoms with Crippen LogP contribution >= 0.6 is 23.5 Å². The maximum Gasteiger partial charge on any atom is 4.00 e. The molecule has 2 aromatic heterocycles. The first-order valence-electron chi connectivity index (χ1n) is 14.0. The average molecular weight is 1000 g/mol. The second kappa shape index (κ2) is 18.0. The summed E-state index contributed by atoms with van der Waals surface area (Å²) in [4.78, 5) is 12.8. The fourth-order valence-electron chi connectivity index (χ4n) is 4.34. The zero-order chi connectivity index (χ0) is 30.8. The Morgan fingerprint density at radius 3 is 2.04 bits per heavy atom. The molecule has 4 nitrogen and oxygen atoms in total. The topological polar surface area (TPSA) is 24.3 Å². The number of benzene rings is 4. The number of rotatable bonds is 7. The van der Waals surface area contributed by atoms with Crippen molar-refractivity contribution in [1.82, 2.24) is 14.5 Å². The molecule has 7 rings (SSSR count). The molecule has 1 aliphatic rings. The van der Waals surface area contributed by atoms with Crippen molar-refractivity contribution < 1.29 is 42.1 Å². The number of hydrogen-bond acceptors (Lipinski definition) is 5. The zero-order valence-electron chi connectivity index (χ0n) is 24.9. The SMILES string of the molecule is CN1C=CN(c2[c-]c(Sc3[c-]c(-c4cc(-c5[c-]c(Sc6[c-]cccc6)ccc5)[c-]cn4)ccc3)ccc2)[CH-]1.[C-]#Cn1cccc1.[Pt+4].[Pt]. The van der Waals surface area contributed by atoms with E-state index in [1.54, 1.807) is 46.7 Å². The molecule has 0 amide bonds. The van der Waals surface area contributed by atoms with Crippen LogP contribution in [0.15, 0.2) is 148 Å². The molecule has 1 aliphatic heterocycles. The van der Waals surface area contributed by atoms with Gasteiger partial charge in [-0.05, 0) is 31.6 Å². The smallest absolute Gasteiger partial charge is 0.669 e. The molecule has 3 heterocycles. The van der Waals surface area contributed by atoms with E-state index in [9.17, 15) is 0 Å². The Balaban J connectivity index is 0.000000495. The van der Waals surface area contributed by atoms with Gasteiger partial charge in [-0.25, -0.2) is 24.2 Å². The third kappa shape index (κ3) is 10.1. The number of pyridine rings is 1. The van der Waals surface area contributed by atoms with E-state index in [-0.39, 0.29) is 42.1 Å². The zero-order valence-corrected chi connectivity index (χ0v) is 31.1. The number of aromatic nitrogens is 2. The average Bonchev–Trinajstić information content (AvgIpc) is 3.78. The summed E-state index contributed by atoms with van der Waals surface area (Å²) in [5.41, 5.74) is 4.70. The predicted octanol–water partition coefficient (Wildman–Crippen LogP) is 8.94. The van der Waals surface area contributed by atoms with E-state index in [1.807, 2.05) is 85.6 Å². The van der Waals surface area contributed by atoms with Crippen LogP contribution in [-0.2, 0) is 42.1 Å². The summed E-state index contributed by atoms with van der Waals surface area (Å²) >= 11 is 3.28. The van der Waals surface area contributed by atoms with Gasteiger partial charge >= 0.3 is 21.1 Å². The summed E-state index contributed by atoms with van der Waals surface area (Å²) < 4.78 is 1.54. The van der Waals surface area contributed by atoms with Crippen LogP contribution in [0.25, 0.3) is 22.4 Å². The molecule has 6 aromatic rings. The first-order valence-corrected chi connectivity index (χ1v) is 15.6. The molecule has 0 aliphatic carbocycles. The maximum atomic E-state index is 6.57. The van der Waals surface area contributed by atoms with Gasteiger partial charge in [-0.3, -0.25) is 11.1 Å². The molecule has 0 saturated heterocycles. The Morgan fingerprint density at radius 2 is 1.38 bits per heavy atom. The molecule has 0 spiro atoms. The minimum atomic E-state index is 0. The molecule has 0 unspecified atom stereocenters. The summed E-state index contributed by atoms with van der Waals surface area (Å²) in [6.07, 6.45) is 15.8. The van der Waals surface area contributed by atoms with Crippen LogP contribution in [0.2, 0.25) is 0 Å². The summed E-state index contributed by atoms with van der Waals surface area (Å²) in [7, 11) is 2.01. The van der Waals surface area contributed by atoms with Crippen molar-refractivity contribution in [3.8, 4) is 28.4 Å². The molecule has 4 aromatic carbocycles. The van der Waals surface area contributed by atoms with Gasteiger partial charge in [0.2, 0.25) is 0 Å². The largest absolute Gasteiger partial charge is 4.00 e. The summed E-state index contributed by atoms with van der Waals surface area (Å²) in [6, 6.07) is 51.5. The van der Waals surface area contributed by atoms with Crippen molar-refractivity contribution in [3.63, 3.8) is 0 Å². The second-order valence-corrected chi connectivity index (χ2v) is 11.9. The quantitative estimate of drug-likeness (QED) is 0.118. The third-order valence-electron chi connectivity index (χ3n) is 6.46. The molecule has 0 saturated carbocycles. The van der Waals surface area contributed by atoms with Gasteiger partial charge in [-0.2, -0.15) is 67.3 Å². The number of anilines is 1. The Kier molecular flexibility index (Phi) is 13.8. The Hall–Kier alpha value is -3.71. The van der Waals surface area contributed by atoms with E-state index >= 15 is 0 Å². The maximum absolute atomic E-state index is 6.57. The van der Waals surface area contributed by atoms with Crippen LogP contribution in [0.4, 0.5) is 5.69 Å². The summed E-state index contributed by atoms with van der Waals surface area (Å²) in [5, 5.41) is 0. The van der Waals surface area contributed by atoms with E-state index in [0.29, 0.717) is 0 Å². The number of hydrogen-bond donors (Lipinski definition) is 0. The summed E-state index contributed by atoms with van der Waals surface area (Å²) in [5.74, 6) is 0. The Morgan fingerprint density at radius 1 is 0.723 bits per heavy atom. The predicted molar refractivity (Wildman–Crippen MR) is 181 cm³/mol. The van der Waals surface area contributed by atoms with E-state index in [2.05, 4.69) is 88.7 Å². The van der Waals surface area contributed by atoms with Crippen LogP contribution in [0.1, 0.15) is 0 Å². The van der Waals surface area contributed by atoms with Gasteiger partial charge < -0.3 is 25.8 Å². The molecule has 0 N–H and O–H groups in total. The third-order valence-corrected chi connectivity index (χ3v) is 8.31.